The van der Waals surface area contributed by atoms with Gasteiger partial charge >= 0.3 is 5.69 Å². The summed E-state index contributed by atoms with van der Waals surface area (Å²) in [6.07, 6.45) is 5.75. The van der Waals surface area contributed by atoms with Crippen LogP contribution in [-0.4, -0.2) is 60.0 Å². The second kappa shape index (κ2) is 13.5. The zero-order valence-electron chi connectivity index (χ0n) is 27.4. The molecule has 0 bridgehead atoms. The Bertz CT molecular complexity index is 1950. The van der Waals surface area contributed by atoms with Gasteiger partial charge in [0.1, 0.15) is 17.7 Å². The standard InChI is InChI=1S/C34H42N10O3/c1-20(2)22(5)42-15-11-24(12-16-42)28-17-26(30(39-28)31(36)37-19-35)23-7-9-25(10-8-23)38-32(45)27-18-43(21(3)4)34(47)44(33(27)46)29-13-14-41(6)40-29/h7-10,13-14,17-21,24,39H,5,11-12,15-16H2,1-4,6H3,(H,38,45)(H3,35,36,37). The van der Waals surface area contributed by atoms with E-state index in [1.165, 1.54) is 15.4 Å². The van der Waals surface area contributed by atoms with Crippen molar-refractivity contribution in [2.45, 2.75) is 52.5 Å². The van der Waals surface area contributed by atoms with Crippen molar-refractivity contribution in [1.82, 2.24) is 28.8 Å². The number of carbonyl (C=O) groups is 1. The molecule has 5 N–H and O–H groups in total. The Morgan fingerprint density at radius 3 is 2.40 bits per heavy atom. The summed E-state index contributed by atoms with van der Waals surface area (Å²) in [6.45, 7) is 14.0. The minimum atomic E-state index is -0.760. The van der Waals surface area contributed by atoms with Gasteiger partial charge in [0.2, 0.25) is 0 Å². The van der Waals surface area contributed by atoms with E-state index in [0.717, 1.165) is 59.4 Å². The van der Waals surface area contributed by atoms with E-state index >= 15 is 0 Å². The summed E-state index contributed by atoms with van der Waals surface area (Å²) in [5, 5.41) is 14.4. The quantitative estimate of drug-likeness (QED) is 0.150. The highest BCUT2D eigenvalue weighted by molar-refractivity contribution is 6.05. The summed E-state index contributed by atoms with van der Waals surface area (Å²) in [6, 6.07) is 10.5. The molecule has 5 rings (SSSR count). The van der Waals surface area contributed by atoms with Gasteiger partial charge in [-0.3, -0.25) is 24.2 Å². The van der Waals surface area contributed by atoms with Crippen LogP contribution >= 0.6 is 0 Å². The van der Waals surface area contributed by atoms with Crippen molar-refractivity contribution >= 4 is 23.8 Å². The third-order valence-corrected chi connectivity index (χ3v) is 8.60. The highest BCUT2D eigenvalue weighted by Gasteiger charge is 2.26. The maximum absolute atomic E-state index is 13.4. The highest BCUT2D eigenvalue weighted by atomic mass is 16.2. The number of aryl methyl sites for hydroxylation is 1. The van der Waals surface area contributed by atoms with Gasteiger partial charge in [-0.25, -0.2) is 14.4 Å². The Hall–Kier alpha value is -5.46. The number of hydrogen-bond acceptors (Lipinski definition) is 6. The average Bonchev–Trinajstić information content (AvgIpc) is 3.68. The first-order chi connectivity index (χ1) is 22.4. The molecule has 0 saturated carbocycles. The van der Waals surface area contributed by atoms with Gasteiger partial charge in [0.25, 0.3) is 11.5 Å². The lowest BCUT2D eigenvalue weighted by Crippen LogP contribution is -2.43. The molecule has 13 nitrogen and oxygen atoms in total. The molecule has 0 aliphatic carbocycles. The largest absolute Gasteiger partial charge is 0.382 e. The molecule has 1 fully saturated rings. The van der Waals surface area contributed by atoms with Gasteiger partial charge in [0.15, 0.2) is 5.82 Å². The topological polar surface area (TPSA) is 172 Å². The predicted molar refractivity (Wildman–Crippen MR) is 185 cm³/mol. The smallest absolute Gasteiger partial charge is 0.337 e. The van der Waals surface area contributed by atoms with Gasteiger partial charge in [0, 0.05) is 73.2 Å². The number of aliphatic imine (C=N–C) groups is 1. The number of amides is 1. The second-order valence-corrected chi connectivity index (χ2v) is 12.4. The number of rotatable bonds is 10. The van der Waals surface area contributed by atoms with Gasteiger partial charge in [-0.1, -0.05) is 32.6 Å². The third-order valence-electron chi connectivity index (χ3n) is 8.60. The number of aromatic nitrogens is 5. The second-order valence-electron chi connectivity index (χ2n) is 12.4. The Kier molecular flexibility index (Phi) is 9.45. The number of H-pyrrole nitrogens is 1. The Labute approximate surface area is 273 Å². The molecule has 1 aliphatic heterocycles. The van der Waals surface area contributed by atoms with E-state index in [1.54, 1.807) is 45.3 Å². The zero-order valence-corrected chi connectivity index (χ0v) is 27.4. The number of aromatic amines is 1. The van der Waals surface area contributed by atoms with Crippen molar-refractivity contribution in [3.63, 3.8) is 0 Å². The summed E-state index contributed by atoms with van der Waals surface area (Å²) >= 11 is 0. The number of piperidine rings is 1. The van der Waals surface area contributed by atoms with Crippen LogP contribution < -0.4 is 22.3 Å². The maximum atomic E-state index is 13.4. The molecule has 1 saturated heterocycles. The number of allylic oxidation sites excluding steroid dienone is 1. The van der Waals surface area contributed by atoms with Crippen molar-refractivity contribution in [3.8, 4) is 16.9 Å². The van der Waals surface area contributed by atoms with Crippen molar-refractivity contribution in [2.24, 2.45) is 23.7 Å². The molecule has 246 valence electrons. The number of nitrogens with two attached hydrogens (primary N) is 1. The molecular weight excluding hydrogens is 596 g/mol. The molecular formula is C34H42N10O3. The molecule has 0 radical (unpaired) electrons. The summed E-state index contributed by atoms with van der Waals surface area (Å²) < 4.78 is 3.73. The van der Waals surface area contributed by atoms with Crippen LogP contribution in [0.2, 0.25) is 0 Å². The number of nitrogens with zero attached hydrogens (tertiary/aromatic N) is 6. The number of benzene rings is 1. The van der Waals surface area contributed by atoms with Crippen LogP contribution in [0.3, 0.4) is 0 Å². The van der Waals surface area contributed by atoms with E-state index in [-0.39, 0.29) is 23.3 Å². The number of hydrogen-bond donors (Lipinski definition) is 4. The fourth-order valence-corrected chi connectivity index (χ4v) is 5.86. The number of nitrogens with one attached hydrogen (secondary N) is 3. The summed E-state index contributed by atoms with van der Waals surface area (Å²) in [7, 11) is 1.68. The predicted octanol–water partition coefficient (Wildman–Crippen LogP) is 4.22. The van der Waals surface area contributed by atoms with Crippen LogP contribution in [0, 0.1) is 11.3 Å². The van der Waals surface area contributed by atoms with Gasteiger partial charge in [-0.2, -0.15) is 5.10 Å². The molecule has 1 aromatic carbocycles. The first-order valence-electron chi connectivity index (χ1n) is 15.7. The lowest BCUT2D eigenvalue weighted by atomic mass is 9.92. The van der Waals surface area contributed by atoms with Crippen LogP contribution in [0.25, 0.3) is 16.9 Å². The van der Waals surface area contributed by atoms with E-state index in [9.17, 15) is 14.4 Å². The lowest BCUT2D eigenvalue weighted by molar-refractivity contribution is 0.102. The Morgan fingerprint density at radius 1 is 1.15 bits per heavy atom. The molecule has 4 heterocycles. The monoisotopic (exact) mass is 638 g/mol. The molecule has 0 unspecified atom stereocenters. The van der Waals surface area contributed by atoms with Crippen molar-refractivity contribution < 1.29 is 4.79 Å². The minimum Gasteiger partial charge on any atom is -0.382 e. The third kappa shape index (κ3) is 6.74. The number of anilines is 1. The molecule has 3 aromatic heterocycles. The van der Waals surface area contributed by atoms with Gasteiger partial charge in [0.05, 0.1) is 5.69 Å². The lowest BCUT2D eigenvalue weighted by Gasteiger charge is -2.36. The van der Waals surface area contributed by atoms with Crippen LogP contribution in [-0.2, 0) is 7.05 Å². The van der Waals surface area contributed by atoms with Crippen LogP contribution in [0.15, 0.2) is 75.6 Å². The van der Waals surface area contributed by atoms with E-state index in [2.05, 4.69) is 51.8 Å². The molecule has 4 aromatic rings. The molecule has 0 atom stereocenters. The fraction of sp³-hybridized carbons (Fsp3) is 0.353. The Morgan fingerprint density at radius 2 is 1.83 bits per heavy atom. The van der Waals surface area contributed by atoms with E-state index < -0.39 is 17.2 Å². The first-order valence-corrected chi connectivity index (χ1v) is 15.7. The Balaban J connectivity index is 1.41. The average molecular weight is 639 g/mol. The summed E-state index contributed by atoms with van der Waals surface area (Å²) in [5.41, 5.74) is 9.71. The van der Waals surface area contributed by atoms with Crippen molar-refractivity contribution in [1.29, 1.82) is 5.41 Å². The van der Waals surface area contributed by atoms with Crippen molar-refractivity contribution in [3.05, 3.63) is 98.9 Å². The summed E-state index contributed by atoms with van der Waals surface area (Å²) in [5.74, 6) is 0.388. The van der Waals surface area contributed by atoms with E-state index in [4.69, 9.17) is 11.1 Å². The number of likely N-dealkylation sites (tertiary alicyclic amines) is 1. The fourth-order valence-electron chi connectivity index (χ4n) is 5.86. The van der Waals surface area contributed by atoms with Crippen LogP contribution in [0.1, 0.15) is 74.2 Å². The summed E-state index contributed by atoms with van der Waals surface area (Å²) in [4.78, 5) is 49.8. The first kappa shape index (κ1) is 32.9. The van der Waals surface area contributed by atoms with Gasteiger partial charge in [-0.05, 0) is 56.4 Å². The van der Waals surface area contributed by atoms with Gasteiger partial charge in [-0.15, -0.1) is 0 Å². The molecule has 47 heavy (non-hydrogen) atoms. The van der Waals surface area contributed by atoms with Crippen LogP contribution in [0.4, 0.5) is 5.69 Å². The number of carbonyl (C=O) groups excluding carboxylic acids is 1. The minimum absolute atomic E-state index is 0.134. The maximum Gasteiger partial charge on any atom is 0.337 e. The van der Waals surface area contributed by atoms with E-state index in [1.807, 2.05) is 12.1 Å². The van der Waals surface area contributed by atoms with Crippen LogP contribution in [0.5, 0.6) is 0 Å². The van der Waals surface area contributed by atoms with Gasteiger partial charge < -0.3 is 20.9 Å². The molecule has 0 spiro atoms. The SMILES string of the molecule is C=C(C(C)C)N1CCC(c2cc(-c3ccc(NC(=O)c4cn(C(C)C)c(=O)n(-c5ccn(C)n5)c4=O)cc3)c(C(N)=NC=N)[nH]2)CC1. The molecule has 1 aliphatic rings. The highest BCUT2D eigenvalue weighted by Crippen LogP contribution is 2.34. The van der Waals surface area contributed by atoms with Crippen molar-refractivity contribution in [2.75, 3.05) is 18.4 Å². The zero-order chi connectivity index (χ0) is 34.0. The van der Waals surface area contributed by atoms with E-state index in [0.29, 0.717) is 23.2 Å². The molecule has 1 amide bonds. The normalized spacial score (nSPS) is 14.2. The number of amidine groups is 1. The molecule has 13 heteroatoms.